The molecule has 1 aromatic carbocycles. The molecule has 5 nitrogen and oxygen atoms in total. The van der Waals surface area contributed by atoms with Crippen LogP contribution in [-0.2, 0) is 15.9 Å². The normalized spacial score (nSPS) is 11.0. The Kier molecular flexibility index (Phi) is 6.43. The van der Waals surface area contributed by atoms with Gasteiger partial charge in [0.1, 0.15) is 0 Å². The lowest BCUT2D eigenvalue weighted by Gasteiger charge is -2.08. The second-order valence-electron chi connectivity index (χ2n) is 3.94. The molecule has 5 heteroatoms. The number of aryl methyl sites for hydroxylation is 1. The van der Waals surface area contributed by atoms with Gasteiger partial charge in [0.25, 0.3) is 0 Å². The van der Waals surface area contributed by atoms with Crippen molar-refractivity contribution in [1.82, 2.24) is 5.43 Å². The van der Waals surface area contributed by atoms with Crippen molar-refractivity contribution in [2.75, 3.05) is 13.2 Å². The van der Waals surface area contributed by atoms with Crippen LogP contribution in [0.25, 0.3) is 0 Å². The first-order chi connectivity index (χ1) is 9.15. The summed E-state index contributed by atoms with van der Waals surface area (Å²) < 4.78 is 10.1. The Morgan fingerprint density at radius 1 is 1.26 bits per heavy atom. The average Bonchev–Trinajstić information content (AvgIpc) is 2.37. The van der Waals surface area contributed by atoms with E-state index in [9.17, 15) is 4.79 Å². The predicted octanol–water partition coefficient (Wildman–Crippen LogP) is 2.63. The van der Waals surface area contributed by atoms with Gasteiger partial charge in [0, 0.05) is 0 Å². The maximum absolute atomic E-state index is 11.2. The molecule has 1 aromatic rings. The highest BCUT2D eigenvalue weighted by Gasteiger charge is 2.05. The minimum atomic E-state index is -0.580. The molecule has 104 valence electrons. The highest BCUT2D eigenvalue weighted by Crippen LogP contribution is 2.06. The van der Waals surface area contributed by atoms with E-state index in [1.165, 1.54) is 5.56 Å². The first kappa shape index (κ1) is 15.0. The minimum Gasteiger partial charge on any atom is -0.480 e. The number of hydrogen-bond donors (Lipinski definition) is 1. The molecule has 19 heavy (non-hydrogen) atoms. The Hall–Kier alpha value is -2.04. The van der Waals surface area contributed by atoms with Crippen LogP contribution in [0, 0.1) is 6.92 Å². The standard InChI is InChI=1S/C14H20N2O3/c1-4-18-13(15-16-14(17)19-5-2)10-12-8-6-7-11(3)9-12/h6-9H,4-5,10H2,1-3H3,(H,16,17)/b15-13+. The van der Waals surface area contributed by atoms with E-state index in [0.717, 1.165) is 5.56 Å². The van der Waals surface area contributed by atoms with Gasteiger partial charge in [0.05, 0.1) is 19.6 Å². The van der Waals surface area contributed by atoms with Crippen LogP contribution < -0.4 is 5.43 Å². The molecule has 0 heterocycles. The van der Waals surface area contributed by atoms with Crippen LogP contribution in [0.1, 0.15) is 25.0 Å². The number of rotatable bonds is 5. The summed E-state index contributed by atoms with van der Waals surface area (Å²) in [6.45, 7) is 6.44. The van der Waals surface area contributed by atoms with Gasteiger partial charge in [0.2, 0.25) is 5.90 Å². The van der Waals surface area contributed by atoms with Crippen molar-refractivity contribution >= 4 is 12.0 Å². The zero-order chi connectivity index (χ0) is 14.1. The lowest BCUT2D eigenvalue weighted by Crippen LogP contribution is -2.22. The van der Waals surface area contributed by atoms with E-state index < -0.39 is 6.09 Å². The maximum Gasteiger partial charge on any atom is 0.427 e. The molecule has 1 rings (SSSR count). The van der Waals surface area contributed by atoms with Gasteiger partial charge in [-0.3, -0.25) is 0 Å². The summed E-state index contributed by atoms with van der Waals surface area (Å²) in [5.41, 5.74) is 4.56. The summed E-state index contributed by atoms with van der Waals surface area (Å²) >= 11 is 0. The van der Waals surface area contributed by atoms with Crippen molar-refractivity contribution in [3.05, 3.63) is 35.4 Å². The lowest BCUT2D eigenvalue weighted by atomic mass is 10.1. The molecule has 0 unspecified atom stereocenters. The summed E-state index contributed by atoms with van der Waals surface area (Å²) in [6, 6.07) is 8.05. The number of amides is 1. The zero-order valence-corrected chi connectivity index (χ0v) is 11.6. The van der Waals surface area contributed by atoms with Crippen LogP contribution in [0.5, 0.6) is 0 Å². The van der Waals surface area contributed by atoms with Gasteiger partial charge < -0.3 is 9.47 Å². The van der Waals surface area contributed by atoms with Crippen LogP contribution in [0.4, 0.5) is 4.79 Å². The van der Waals surface area contributed by atoms with Crippen molar-refractivity contribution < 1.29 is 14.3 Å². The Labute approximate surface area is 113 Å². The molecule has 1 N–H and O–H groups in total. The van der Waals surface area contributed by atoms with E-state index >= 15 is 0 Å². The number of carbonyl (C=O) groups is 1. The lowest BCUT2D eigenvalue weighted by molar-refractivity contribution is 0.152. The topological polar surface area (TPSA) is 59.9 Å². The Morgan fingerprint density at radius 2 is 2.00 bits per heavy atom. The highest BCUT2D eigenvalue weighted by atomic mass is 16.6. The van der Waals surface area contributed by atoms with E-state index in [4.69, 9.17) is 9.47 Å². The number of ether oxygens (including phenoxy) is 2. The summed E-state index contributed by atoms with van der Waals surface area (Å²) in [5.74, 6) is 0.459. The molecule has 0 radical (unpaired) electrons. The average molecular weight is 264 g/mol. The second-order valence-corrected chi connectivity index (χ2v) is 3.94. The summed E-state index contributed by atoms with van der Waals surface area (Å²) in [6.07, 6.45) is -0.0500. The minimum absolute atomic E-state index is 0.309. The third-order valence-corrected chi connectivity index (χ3v) is 2.30. The van der Waals surface area contributed by atoms with Crippen molar-refractivity contribution in [3.8, 4) is 0 Å². The molecule has 0 aliphatic heterocycles. The van der Waals surface area contributed by atoms with Crippen molar-refractivity contribution in [2.24, 2.45) is 5.10 Å². The molecule has 0 saturated heterocycles. The second kappa shape index (κ2) is 8.13. The van der Waals surface area contributed by atoms with E-state index in [-0.39, 0.29) is 0 Å². The molecular formula is C14H20N2O3. The third kappa shape index (κ3) is 5.90. The van der Waals surface area contributed by atoms with Crippen LogP contribution in [0.3, 0.4) is 0 Å². The summed E-state index contributed by atoms with van der Waals surface area (Å²) in [7, 11) is 0. The fraction of sp³-hybridized carbons (Fsp3) is 0.429. The largest absolute Gasteiger partial charge is 0.480 e. The van der Waals surface area contributed by atoms with E-state index in [1.807, 2.05) is 32.0 Å². The smallest absolute Gasteiger partial charge is 0.427 e. The number of carbonyl (C=O) groups excluding carboxylic acids is 1. The van der Waals surface area contributed by atoms with Gasteiger partial charge in [-0.05, 0) is 26.3 Å². The molecule has 0 aliphatic carbocycles. The van der Waals surface area contributed by atoms with Gasteiger partial charge in [0.15, 0.2) is 0 Å². The number of benzene rings is 1. The molecule has 0 aliphatic rings. The number of nitrogens with one attached hydrogen (secondary N) is 1. The predicted molar refractivity (Wildman–Crippen MR) is 74.1 cm³/mol. The molecular weight excluding hydrogens is 244 g/mol. The number of nitrogens with zero attached hydrogens (tertiary/aromatic N) is 1. The SMILES string of the molecule is CCOC(=O)N/N=C(\Cc1cccc(C)c1)OCC. The van der Waals surface area contributed by atoms with Crippen LogP contribution in [0.2, 0.25) is 0 Å². The monoisotopic (exact) mass is 264 g/mol. The van der Waals surface area contributed by atoms with Crippen molar-refractivity contribution in [1.29, 1.82) is 0 Å². The number of hydrogen-bond acceptors (Lipinski definition) is 4. The first-order valence-corrected chi connectivity index (χ1v) is 6.33. The van der Waals surface area contributed by atoms with E-state index in [0.29, 0.717) is 25.5 Å². The molecule has 1 amide bonds. The van der Waals surface area contributed by atoms with Crippen molar-refractivity contribution in [3.63, 3.8) is 0 Å². The summed E-state index contributed by atoms with van der Waals surface area (Å²) in [4.78, 5) is 11.2. The first-order valence-electron chi connectivity index (χ1n) is 6.33. The Balaban J connectivity index is 2.66. The highest BCUT2D eigenvalue weighted by molar-refractivity contribution is 5.80. The summed E-state index contributed by atoms with van der Waals surface area (Å²) in [5, 5.41) is 3.93. The Morgan fingerprint density at radius 3 is 2.63 bits per heavy atom. The molecule has 0 aromatic heterocycles. The molecule has 0 spiro atoms. The molecule has 0 saturated carbocycles. The Bertz CT molecular complexity index is 444. The van der Waals surface area contributed by atoms with Gasteiger partial charge in [-0.15, -0.1) is 5.10 Å². The van der Waals surface area contributed by atoms with Crippen molar-refractivity contribution in [2.45, 2.75) is 27.2 Å². The fourth-order valence-electron chi connectivity index (χ4n) is 1.56. The van der Waals surface area contributed by atoms with Gasteiger partial charge >= 0.3 is 6.09 Å². The zero-order valence-electron chi connectivity index (χ0n) is 11.6. The van der Waals surface area contributed by atoms with Gasteiger partial charge in [-0.1, -0.05) is 29.8 Å². The third-order valence-electron chi connectivity index (χ3n) is 2.30. The van der Waals surface area contributed by atoms with Gasteiger partial charge in [-0.2, -0.15) is 0 Å². The maximum atomic E-state index is 11.2. The van der Waals surface area contributed by atoms with E-state index in [2.05, 4.69) is 16.6 Å². The molecule has 0 bridgehead atoms. The van der Waals surface area contributed by atoms with Crippen LogP contribution in [-0.4, -0.2) is 25.2 Å². The van der Waals surface area contributed by atoms with Crippen LogP contribution >= 0.6 is 0 Å². The van der Waals surface area contributed by atoms with E-state index in [1.54, 1.807) is 6.92 Å². The van der Waals surface area contributed by atoms with Gasteiger partial charge in [-0.25, -0.2) is 10.2 Å². The van der Waals surface area contributed by atoms with Crippen LogP contribution in [0.15, 0.2) is 29.4 Å². The fourth-order valence-corrected chi connectivity index (χ4v) is 1.56. The number of hydrazone groups is 1. The quantitative estimate of drug-likeness (QED) is 0.505. The molecule has 0 atom stereocenters. The molecule has 0 fully saturated rings.